The Morgan fingerprint density at radius 3 is 2.58 bits per heavy atom. The van der Waals surface area contributed by atoms with Crippen LogP contribution in [0.3, 0.4) is 0 Å². The summed E-state index contributed by atoms with van der Waals surface area (Å²) in [6, 6.07) is 11.7. The lowest BCUT2D eigenvalue weighted by molar-refractivity contribution is -0.00969. The van der Waals surface area contributed by atoms with Gasteiger partial charge in [-0.1, -0.05) is 0 Å². The van der Waals surface area contributed by atoms with Gasteiger partial charge >= 0.3 is 6.55 Å². The van der Waals surface area contributed by atoms with Crippen molar-refractivity contribution in [1.29, 1.82) is 10.7 Å². The monoisotopic (exact) mass is 603 g/mol. The first-order valence-corrected chi connectivity index (χ1v) is 15.3. The summed E-state index contributed by atoms with van der Waals surface area (Å²) in [7, 11) is -3.28. The van der Waals surface area contributed by atoms with E-state index in [1.54, 1.807) is 30.6 Å². The predicted octanol–water partition coefficient (Wildman–Crippen LogP) is 3.33. The van der Waals surface area contributed by atoms with E-state index in [2.05, 4.69) is 26.0 Å². The molecule has 0 radical (unpaired) electrons. The summed E-state index contributed by atoms with van der Waals surface area (Å²) in [4.78, 5) is 13.9. The van der Waals surface area contributed by atoms with Crippen LogP contribution in [0.4, 0.5) is 14.6 Å². The van der Waals surface area contributed by atoms with Gasteiger partial charge in [-0.15, -0.1) is 0 Å². The highest BCUT2D eigenvalue weighted by molar-refractivity contribution is 7.90. The Kier molecular flexibility index (Phi) is 7.37. The van der Waals surface area contributed by atoms with Crippen LogP contribution in [-0.2, 0) is 16.4 Å². The van der Waals surface area contributed by atoms with Crippen molar-refractivity contribution in [2.75, 3.05) is 24.2 Å². The molecule has 4 aromatic rings. The quantitative estimate of drug-likeness (QED) is 0.218. The molecular weight excluding hydrogens is 576 g/mol. The maximum Gasteiger partial charge on any atom is 0.312 e. The van der Waals surface area contributed by atoms with E-state index in [1.165, 1.54) is 23.2 Å². The number of nitriles is 1. The molecule has 3 aliphatic heterocycles. The summed E-state index contributed by atoms with van der Waals surface area (Å²) in [6.07, 6.45) is 10.5. The number of hydrogen-bond acceptors (Lipinski definition) is 10. The van der Waals surface area contributed by atoms with Crippen LogP contribution < -0.4 is 10.2 Å². The number of nitrogens with zero attached hydrogens (tertiary/aromatic N) is 7. The van der Waals surface area contributed by atoms with E-state index < -0.39 is 16.4 Å². The van der Waals surface area contributed by atoms with Crippen LogP contribution in [0.15, 0.2) is 66.2 Å². The molecule has 220 valence electrons. The van der Waals surface area contributed by atoms with Gasteiger partial charge in [0.05, 0.1) is 27.9 Å². The van der Waals surface area contributed by atoms with Gasteiger partial charge in [0.2, 0.25) is 0 Å². The molecule has 2 bridgehead atoms. The van der Waals surface area contributed by atoms with E-state index in [0.717, 1.165) is 43.4 Å². The number of alkyl halides is 2. The molecule has 2 N–H and O–H groups in total. The molecule has 0 saturated carbocycles. The fourth-order valence-electron chi connectivity index (χ4n) is 5.72. The van der Waals surface area contributed by atoms with E-state index in [1.807, 2.05) is 17.4 Å². The molecule has 0 amide bonds. The predicted molar refractivity (Wildman–Crippen MR) is 156 cm³/mol. The SMILES string of the molecule is CS(=O)(=O)c1ccc(CN2C3CC2CN(c2ccc(-c4cc(/C(C=N)=C/NC(F)F)cn5ncc(C#N)c45)cn2)C3)nc1. The first-order valence-electron chi connectivity index (χ1n) is 13.4. The maximum atomic E-state index is 12.8. The normalized spacial score (nSPS) is 18.9. The number of aromatic nitrogens is 4. The second-order valence-corrected chi connectivity index (χ2v) is 12.6. The molecule has 3 saturated heterocycles. The Labute approximate surface area is 246 Å². The number of sulfone groups is 1. The highest BCUT2D eigenvalue weighted by atomic mass is 32.2. The lowest BCUT2D eigenvalue weighted by atomic mass is 9.87. The Balaban J connectivity index is 1.21. The van der Waals surface area contributed by atoms with Gasteiger partial charge in [0, 0.05) is 91.2 Å². The van der Waals surface area contributed by atoms with Gasteiger partial charge in [-0.2, -0.15) is 19.1 Å². The van der Waals surface area contributed by atoms with Crippen molar-refractivity contribution in [2.45, 2.75) is 36.5 Å². The van der Waals surface area contributed by atoms with E-state index in [4.69, 9.17) is 10.4 Å². The molecule has 2 unspecified atom stereocenters. The lowest BCUT2D eigenvalue weighted by Gasteiger charge is -2.56. The van der Waals surface area contributed by atoms with Crippen molar-refractivity contribution < 1.29 is 17.2 Å². The van der Waals surface area contributed by atoms with Gasteiger partial charge < -0.3 is 15.6 Å². The zero-order valence-electron chi connectivity index (χ0n) is 23.0. The third-order valence-corrected chi connectivity index (χ3v) is 8.98. The van der Waals surface area contributed by atoms with Crippen LogP contribution >= 0.6 is 0 Å². The molecule has 7 heterocycles. The van der Waals surface area contributed by atoms with Crippen molar-refractivity contribution >= 4 is 33.0 Å². The molecule has 11 nitrogen and oxygen atoms in total. The summed E-state index contributed by atoms with van der Waals surface area (Å²) < 4.78 is 50.5. The third kappa shape index (κ3) is 5.56. The summed E-state index contributed by atoms with van der Waals surface area (Å²) in [5, 5.41) is 23.6. The fraction of sp³-hybridized carbons (Fsp3) is 0.276. The van der Waals surface area contributed by atoms with Gasteiger partial charge in [-0.05, 0) is 36.8 Å². The molecule has 3 aliphatic rings. The second-order valence-electron chi connectivity index (χ2n) is 10.6. The molecule has 7 rings (SSSR count). The zero-order valence-corrected chi connectivity index (χ0v) is 23.8. The van der Waals surface area contributed by atoms with Gasteiger partial charge in [0.1, 0.15) is 11.9 Å². The molecule has 3 fully saturated rings. The number of pyridine rings is 3. The smallest absolute Gasteiger partial charge is 0.312 e. The van der Waals surface area contributed by atoms with Crippen LogP contribution in [0.2, 0.25) is 0 Å². The molecule has 0 aromatic carbocycles. The maximum absolute atomic E-state index is 12.8. The summed E-state index contributed by atoms with van der Waals surface area (Å²) in [6.45, 7) is -0.550. The van der Waals surface area contributed by atoms with E-state index >= 15 is 0 Å². The Hall–Kier alpha value is -4.74. The fourth-order valence-corrected chi connectivity index (χ4v) is 6.28. The standard InChI is InChI=1S/C29H27F2N9O2S/c1-43(41,42)25-4-3-22(34-13-25)15-39-23-7-24(39)17-38(16-23)27-5-2-18(10-35-27)26-6-19(20(8-32)11-36-29(30)31)14-40-28(26)21(9-33)12-37-40/h2-6,8,10-14,23-24,29,32,36H,7,15-17H2,1H3/b20-11+,32-8?. The topological polar surface area (TPSA) is 143 Å². The van der Waals surface area contributed by atoms with Gasteiger partial charge in [-0.3, -0.25) is 9.88 Å². The molecule has 0 spiro atoms. The van der Waals surface area contributed by atoms with Crippen LogP contribution in [0, 0.1) is 16.7 Å². The summed E-state index contributed by atoms with van der Waals surface area (Å²) in [5.41, 5.74) is 3.78. The largest absolute Gasteiger partial charge is 0.353 e. The van der Waals surface area contributed by atoms with Crippen LogP contribution in [-0.4, -0.2) is 77.1 Å². The molecule has 4 aromatic heterocycles. The molecule has 0 aliphatic carbocycles. The number of nitrogens with one attached hydrogen (secondary N) is 2. The number of piperidine rings is 1. The van der Waals surface area contributed by atoms with Crippen molar-refractivity contribution in [3.63, 3.8) is 0 Å². The summed E-state index contributed by atoms with van der Waals surface area (Å²) in [5.74, 6) is 0.816. The van der Waals surface area contributed by atoms with Crippen molar-refractivity contribution in [2.24, 2.45) is 0 Å². The van der Waals surface area contributed by atoms with Crippen LogP contribution in [0.1, 0.15) is 23.2 Å². The minimum absolute atomic E-state index is 0.209. The van der Waals surface area contributed by atoms with Crippen LogP contribution in [0.25, 0.3) is 22.2 Å². The number of rotatable bonds is 9. The number of anilines is 1. The number of allylic oxidation sites excluding steroid dienone is 1. The average molecular weight is 604 g/mol. The minimum atomic E-state index is -3.28. The summed E-state index contributed by atoms with van der Waals surface area (Å²) >= 11 is 0. The number of hydrogen-bond donors (Lipinski definition) is 2. The number of halogens is 2. The third-order valence-electron chi connectivity index (χ3n) is 7.88. The van der Waals surface area contributed by atoms with E-state index in [-0.39, 0.29) is 10.5 Å². The molecular formula is C29H27F2N9O2S. The highest BCUT2D eigenvalue weighted by Crippen LogP contribution is 2.36. The van der Waals surface area contributed by atoms with E-state index in [9.17, 15) is 22.5 Å². The zero-order chi connectivity index (χ0) is 30.3. The molecule has 14 heteroatoms. The number of fused-ring (bicyclic) bond motifs is 3. The van der Waals surface area contributed by atoms with Crippen molar-refractivity contribution in [1.82, 2.24) is 29.8 Å². The lowest BCUT2D eigenvalue weighted by Crippen LogP contribution is -2.68. The number of piperazine rings is 1. The van der Waals surface area contributed by atoms with Crippen LogP contribution in [0.5, 0.6) is 0 Å². The molecule has 43 heavy (non-hydrogen) atoms. The van der Waals surface area contributed by atoms with Gasteiger partial charge in [-0.25, -0.2) is 17.9 Å². The van der Waals surface area contributed by atoms with Crippen molar-refractivity contribution in [3.8, 4) is 17.2 Å². The Bertz CT molecular complexity index is 1850. The van der Waals surface area contributed by atoms with Gasteiger partial charge in [0.15, 0.2) is 9.84 Å². The Morgan fingerprint density at radius 1 is 1.19 bits per heavy atom. The highest BCUT2D eigenvalue weighted by Gasteiger charge is 2.44. The van der Waals surface area contributed by atoms with E-state index in [0.29, 0.717) is 46.4 Å². The average Bonchev–Trinajstić information content (AvgIpc) is 3.43. The second kappa shape index (κ2) is 11.2. The first kappa shape index (κ1) is 28.4. The minimum Gasteiger partial charge on any atom is -0.353 e. The Morgan fingerprint density at radius 2 is 1.98 bits per heavy atom. The first-order chi connectivity index (χ1) is 20.6. The van der Waals surface area contributed by atoms with Gasteiger partial charge in [0.25, 0.3) is 0 Å². The van der Waals surface area contributed by atoms with Crippen molar-refractivity contribution in [3.05, 3.63) is 78.1 Å². The molecule has 2 atom stereocenters.